The summed E-state index contributed by atoms with van der Waals surface area (Å²) in [6.45, 7) is 6.36. The molecule has 2 atom stereocenters. The van der Waals surface area contributed by atoms with Crippen molar-refractivity contribution in [3.05, 3.63) is 35.9 Å². The van der Waals surface area contributed by atoms with Crippen LogP contribution in [0.2, 0.25) is 0 Å². The van der Waals surface area contributed by atoms with E-state index in [0.717, 1.165) is 19.3 Å². The highest BCUT2D eigenvalue weighted by atomic mass is 16.6. The Hall–Kier alpha value is -1.55. The third kappa shape index (κ3) is 4.74. The molecule has 0 radical (unpaired) electrons. The van der Waals surface area contributed by atoms with Gasteiger partial charge >= 0.3 is 6.09 Å². The van der Waals surface area contributed by atoms with Crippen molar-refractivity contribution in [2.45, 2.75) is 57.7 Å². The van der Waals surface area contributed by atoms with Gasteiger partial charge in [0.2, 0.25) is 0 Å². The van der Waals surface area contributed by atoms with Crippen molar-refractivity contribution in [1.82, 2.24) is 4.90 Å². The lowest BCUT2D eigenvalue weighted by molar-refractivity contribution is 0.00844. The van der Waals surface area contributed by atoms with E-state index in [0.29, 0.717) is 6.54 Å². The summed E-state index contributed by atoms with van der Waals surface area (Å²) in [5.74, 6) is 0. The van der Waals surface area contributed by atoms with Gasteiger partial charge in [-0.3, -0.25) is 0 Å². The van der Waals surface area contributed by atoms with Crippen LogP contribution in [0.1, 0.15) is 39.2 Å². The van der Waals surface area contributed by atoms with Gasteiger partial charge < -0.3 is 15.4 Å². The number of amides is 1. The highest BCUT2D eigenvalue weighted by Gasteiger charge is 2.33. The first-order valence-electron chi connectivity index (χ1n) is 7.64. The van der Waals surface area contributed by atoms with Gasteiger partial charge in [0.15, 0.2) is 0 Å². The zero-order valence-corrected chi connectivity index (χ0v) is 13.2. The van der Waals surface area contributed by atoms with Gasteiger partial charge in [-0.1, -0.05) is 30.3 Å². The fourth-order valence-corrected chi connectivity index (χ4v) is 2.72. The van der Waals surface area contributed by atoms with Crippen LogP contribution in [0.5, 0.6) is 0 Å². The van der Waals surface area contributed by atoms with Crippen molar-refractivity contribution in [1.29, 1.82) is 0 Å². The Bertz CT molecular complexity index is 467. The molecule has 0 spiro atoms. The average Bonchev–Trinajstić information content (AvgIpc) is 2.37. The molecule has 0 aliphatic carbocycles. The van der Waals surface area contributed by atoms with E-state index in [1.165, 1.54) is 5.56 Å². The van der Waals surface area contributed by atoms with Crippen LogP contribution in [0, 0.1) is 0 Å². The Labute approximate surface area is 127 Å². The molecule has 1 amide bonds. The van der Waals surface area contributed by atoms with Crippen molar-refractivity contribution in [2.24, 2.45) is 5.73 Å². The molecule has 1 fully saturated rings. The van der Waals surface area contributed by atoms with Crippen molar-refractivity contribution < 1.29 is 9.53 Å². The molecular formula is C17H26N2O2. The quantitative estimate of drug-likeness (QED) is 0.911. The van der Waals surface area contributed by atoms with Crippen molar-refractivity contribution in [3.63, 3.8) is 0 Å². The van der Waals surface area contributed by atoms with Gasteiger partial charge in [-0.25, -0.2) is 4.79 Å². The Balaban J connectivity index is 2.08. The molecule has 1 aliphatic rings. The van der Waals surface area contributed by atoms with Gasteiger partial charge in [-0.15, -0.1) is 0 Å². The lowest BCUT2D eigenvalue weighted by Crippen LogP contribution is -2.51. The lowest BCUT2D eigenvalue weighted by Gasteiger charge is -2.39. The molecule has 116 valence electrons. The number of nitrogens with two attached hydrogens (primary N) is 1. The Morgan fingerprint density at radius 3 is 2.62 bits per heavy atom. The second-order valence-electron chi connectivity index (χ2n) is 6.80. The molecule has 2 N–H and O–H groups in total. The molecule has 4 heteroatoms. The number of likely N-dealkylation sites (tertiary alicyclic amines) is 1. The summed E-state index contributed by atoms with van der Waals surface area (Å²) in [5, 5.41) is 0. The first kappa shape index (κ1) is 15.8. The van der Waals surface area contributed by atoms with Crippen molar-refractivity contribution in [2.75, 3.05) is 6.54 Å². The van der Waals surface area contributed by atoms with Crippen molar-refractivity contribution in [3.8, 4) is 0 Å². The Morgan fingerprint density at radius 1 is 1.33 bits per heavy atom. The number of hydrogen-bond acceptors (Lipinski definition) is 3. The van der Waals surface area contributed by atoms with Crippen LogP contribution in [0.25, 0.3) is 0 Å². The average molecular weight is 290 g/mol. The second-order valence-corrected chi connectivity index (χ2v) is 6.80. The molecule has 1 saturated heterocycles. The van der Waals surface area contributed by atoms with E-state index in [-0.39, 0.29) is 18.2 Å². The van der Waals surface area contributed by atoms with Crippen LogP contribution in [0.3, 0.4) is 0 Å². The SMILES string of the molecule is CC(C)(C)OC(=O)N1CC[C@H](N)C[C@H]1Cc1ccccc1. The van der Waals surface area contributed by atoms with Crippen LogP contribution in [-0.4, -0.2) is 35.2 Å². The molecule has 1 aromatic carbocycles. The molecule has 0 bridgehead atoms. The minimum Gasteiger partial charge on any atom is -0.444 e. The summed E-state index contributed by atoms with van der Waals surface area (Å²) in [4.78, 5) is 14.2. The summed E-state index contributed by atoms with van der Waals surface area (Å²) < 4.78 is 5.53. The van der Waals surface area contributed by atoms with Gasteiger partial charge in [0.25, 0.3) is 0 Å². The Morgan fingerprint density at radius 2 is 2.00 bits per heavy atom. The van der Waals surface area contributed by atoms with Crippen LogP contribution in [0.15, 0.2) is 30.3 Å². The Kier molecular flexibility index (Phi) is 4.88. The summed E-state index contributed by atoms with van der Waals surface area (Å²) in [7, 11) is 0. The maximum atomic E-state index is 12.4. The van der Waals surface area contributed by atoms with E-state index < -0.39 is 5.60 Å². The molecule has 1 heterocycles. The van der Waals surface area contributed by atoms with Gasteiger partial charge in [-0.2, -0.15) is 0 Å². The van der Waals surface area contributed by atoms with Gasteiger partial charge in [0.1, 0.15) is 5.60 Å². The second kappa shape index (κ2) is 6.48. The molecule has 0 aromatic heterocycles. The third-order valence-corrected chi connectivity index (χ3v) is 3.70. The third-order valence-electron chi connectivity index (χ3n) is 3.70. The predicted octanol–water partition coefficient (Wildman–Crippen LogP) is 2.96. The monoisotopic (exact) mass is 290 g/mol. The molecule has 2 rings (SSSR count). The number of carbonyl (C=O) groups is 1. The summed E-state index contributed by atoms with van der Waals surface area (Å²) in [6.07, 6.45) is 2.27. The first-order chi connectivity index (χ1) is 9.85. The van der Waals surface area contributed by atoms with Gasteiger partial charge in [-0.05, 0) is 45.6 Å². The van der Waals surface area contributed by atoms with Crippen LogP contribution >= 0.6 is 0 Å². The molecule has 21 heavy (non-hydrogen) atoms. The smallest absolute Gasteiger partial charge is 0.410 e. The summed E-state index contributed by atoms with van der Waals surface area (Å²) in [6, 6.07) is 10.5. The molecular weight excluding hydrogens is 264 g/mol. The fraction of sp³-hybridized carbons (Fsp3) is 0.588. The zero-order chi connectivity index (χ0) is 15.5. The summed E-state index contributed by atoms with van der Waals surface area (Å²) >= 11 is 0. The maximum Gasteiger partial charge on any atom is 0.410 e. The van der Waals surface area contributed by atoms with E-state index >= 15 is 0 Å². The highest BCUT2D eigenvalue weighted by Crippen LogP contribution is 2.22. The zero-order valence-electron chi connectivity index (χ0n) is 13.2. The highest BCUT2D eigenvalue weighted by molar-refractivity contribution is 5.68. The molecule has 4 nitrogen and oxygen atoms in total. The number of hydrogen-bond donors (Lipinski definition) is 1. The number of ether oxygens (including phenoxy) is 1. The van der Waals surface area contributed by atoms with Crippen LogP contribution < -0.4 is 5.73 Å². The van der Waals surface area contributed by atoms with Gasteiger partial charge in [0.05, 0.1) is 0 Å². The normalized spacial score (nSPS) is 23.0. The number of nitrogens with zero attached hydrogens (tertiary/aromatic N) is 1. The standard InChI is InChI=1S/C17H26N2O2/c1-17(2,3)21-16(20)19-10-9-14(18)12-15(19)11-13-7-5-4-6-8-13/h4-8,14-15H,9-12,18H2,1-3H3/t14-,15+/m0/s1. The fourth-order valence-electron chi connectivity index (χ4n) is 2.72. The van der Waals surface area contributed by atoms with E-state index in [1.54, 1.807) is 0 Å². The van der Waals surface area contributed by atoms with E-state index in [1.807, 2.05) is 43.9 Å². The minimum atomic E-state index is -0.464. The number of carbonyl (C=O) groups excluding carboxylic acids is 1. The largest absolute Gasteiger partial charge is 0.444 e. The van der Waals surface area contributed by atoms with E-state index in [2.05, 4.69) is 12.1 Å². The summed E-state index contributed by atoms with van der Waals surface area (Å²) in [5.41, 5.74) is 6.85. The minimum absolute atomic E-state index is 0.117. The van der Waals surface area contributed by atoms with E-state index in [9.17, 15) is 4.79 Å². The van der Waals surface area contributed by atoms with E-state index in [4.69, 9.17) is 10.5 Å². The topological polar surface area (TPSA) is 55.6 Å². The molecule has 1 aromatic rings. The molecule has 0 unspecified atom stereocenters. The maximum absolute atomic E-state index is 12.4. The predicted molar refractivity (Wildman–Crippen MR) is 84.1 cm³/mol. The van der Waals surface area contributed by atoms with Crippen molar-refractivity contribution >= 4 is 6.09 Å². The lowest BCUT2D eigenvalue weighted by atomic mass is 9.93. The molecule has 0 saturated carbocycles. The first-order valence-corrected chi connectivity index (χ1v) is 7.64. The van der Waals surface area contributed by atoms with Crippen LogP contribution in [0.4, 0.5) is 4.79 Å². The number of rotatable bonds is 2. The van der Waals surface area contributed by atoms with Crippen LogP contribution in [-0.2, 0) is 11.2 Å². The molecule has 1 aliphatic heterocycles. The number of benzene rings is 1. The van der Waals surface area contributed by atoms with Gasteiger partial charge in [0, 0.05) is 18.6 Å². The number of piperidine rings is 1.